The SMILES string of the molecule is CCCOc1ccc(C(=O)OCC(=O)N(CCC#N)c2cc(C)cc(C)c2)cc1. The first-order valence-electron chi connectivity index (χ1n) is 9.60. The fraction of sp³-hybridized carbons (Fsp3) is 0.348. The van der Waals surface area contributed by atoms with Crippen molar-refractivity contribution in [3.8, 4) is 11.8 Å². The number of ether oxygens (including phenoxy) is 2. The first-order valence-corrected chi connectivity index (χ1v) is 9.60. The first kappa shape index (κ1) is 22.0. The lowest BCUT2D eigenvalue weighted by Crippen LogP contribution is -2.35. The molecule has 0 heterocycles. The molecule has 0 bridgehead atoms. The molecule has 0 aliphatic heterocycles. The maximum Gasteiger partial charge on any atom is 0.338 e. The monoisotopic (exact) mass is 394 g/mol. The number of nitrogens with zero attached hydrogens (tertiary/aromatic N) is 2. The largest absolute Gasteiger partial charge is 0.494 e. The smallest absolute Gasteiger partial charge is 0.338 e. The van der Waals surface area contributed by atoms with Crippen molar-refractivity contribution in [1.82, 2.24) is 0 Å². The lowest BCUT2D eigenvalue weighted by Gasteiger charge is -2.22. The average molecular weight is 394 g/mol. The molecule has 0 aromatic heterocycles. The van der Waals surface area contributed by atoms with Crippen LogP contribution in [0.5, 0.6) is 5.75 Å². The number of benzene rings is 2. The maximum absolute atomic E-state index is 12.7. The van der Waals surface area contributed by atoms with E-state index in [1.807, 2.05) is 45.0 Å². The third kappa shape index (κ3) is 6.65. The molecular formula is C23H26N2O4. The molecule has 2 aromatic rings. The van der Waals surface area contributed by atoms with Gasteiger partial charge in [-0.3, -0.25) is 4.79 Å². The summed E-state index contributed by atoms with van der Waals surface area (Å²) in [5, 5.41) is 8.91. The minimum absolute atomic E-state index is 0.186. The van der Waals surface area contributed by atoms with Gasteiger partial charge in [0.15, 0.2) is 6.61 Å². The molecule has 0 saturated carbocycles. The molecule has 2 aromatic carbocycles. The number of hydrogen-bond acceptors (Lipinski definition) is 5. The number of nitriles is 1. The number of aryl methyl sites for hydroxylation is 2. The number of esters is 1. The number of carbonyl (C=O) groups excluding carboxylic acids is 2. The predicted molar refractivity (Wildman–Crippen MR) is 111 cm³/mol. The Bertz CT molecular complexity index is 864. The van der Waals surface area contributed by atoms with Gasteiger partial charge in [0.1, 0.15) is 5.75 Å². The van der Waals surface area contributed by atoms with Gasteiger partial charge in [-0.15, -0.1) is 0 Å². The van der Waals surface area contributed by atoms with Crippen molar-refractivity contribution < 1.29 is 19.1 Å². The fourth-order valence-corrected chi connectivity index (χ4v) is 2.86. The van der Waals surface area contributed by atoms with Gasteiger partial charge in [0.2, 0.25) is 0 Å². The fourth-order valence-electron chi connectivity index (χ4n) is 2.86. The van der Waals surface area contributed by atoms with Crippen LogP contribution in [-0.2, 0) is 9.53 Å². The van der Waals surface area contributed by atoms with Crippen molar-refractivity contribution in [1.29, 1.82) is 5.26 Å². The van der Waals surface area contributed by atoms with E-state index >= 15 is 0 Å². The summed E-state index contributed by atoms with van der Waals surface area (Å²) in [5.74, 6) is -0.278. The average Bonchev–Trinajstić information content (AvgIpc) is 2.70. The van der Waals surface area contributed by atoms with Crippen LogP contribution in [0.25, 0.3) is 0 Å². The Hall–Kier alpha value is -3.33. The second kappa shape index (κ2) is 10.9. The summed E-state index contributed by atoms with van der Waals surface area (Å²) in [6, 6.07) is 14.4. The van der Waals surface area contributed by atoms with E-state index in [2.05, 4.69) is 0 Å². The van der Waals surface area contributed by atoms with E-state index in [1.165, 1.54) is 4.90 Å². The third-order valence-electron chi connectivity index (χ3n) is 4.16. The van der Waals surface area contributed by atoms with E-state index in [9.17, 15) is 9.59 Å². The molecule has 6 heteroatoms. The minimum atomic E-state index is -0.582. The summed E-state index contributed by atoms with van der Waals surface area (Å²) in [4.78, 5) is 26.5. The molecule has 6 nitrogen and oxygen atoms in total. The highest BCUT2D eigenvalue weighted by Crippen LogP contribution is 2.20. The molecule has 1 amide bonds. The standard InChI is InChI=1S/C23H26N2O4/c1-4-12-28-21-8-6-19(7-9-21)23(27)29-16-22(26)25(11-5-10-24)20-14-17(2)13-18(3)15-20/h6-9,13-15H,4-5,11-12,16H2,1-3H3. The second-order valence-electron chi connectivity index (χ2n) is 6.75. The molecule has 0 radical (unpaired) electrons. The summed E-state index contributed by atoms with van der Waals surface area (Å²) in [6.45, 7) is 6.34. The van der Waals surface area contributed by atoms with Crippen LogP contribution in [0, 0.1) is 25.2 Å². The molecule has 0 fully saturated rings. The summed E-state index contributed by atoms with van der Waals surface area (Å²) in [7, 11) is 0. The topological polar surface area (TPSA) is 79.6 Å². The van der Waals surface area contributed by atoms with Crippen LogP contribution < -0.4 is 9.64 Å². The molecule has 0 N–H and O–H groups in total. The molecule has 0 aliphatic rings. The van der Waals surface area contributed by atoms with Crippen LogP contribution in [0.2, 0.25) is 0 Å². The molecule has 0 unspecified atom stereocenters. The Kier molecular flexibility index (Phi) is 8.23. The van der Waals surface area contributed by atoms with Crippen molar-refractivity contribution in [2.24, 2.45) is 0 Å². The lowest BCUT2D eigenvalue weighted by atomic mass is 10.1. The Morgan fingerprint density at radius 2 is 1.72 bits per heavy atom. The molecule has 0 spiro atoms. The molecule has 29 heavy (non-hydrogen) atoms. The van der Waals surface area contributed by atoms with Gasteiger partial charge in [-0.05, 0) is 67.8 Å². The van der Waals surface area contributed by atoms with Crippen molar-refractivity contribution in [3.05, 3.63) is 59.2 Å². The van der Waals surface area contributed by atoms with Crippen molar-refractivity contribution in [2.45, 2.75) is 33.6 Å². The van der Waals surface area contributed by atoms with Gasteiger partial charge >= 0.3 is 5.97 Å². The van der Waals surface area contributed by atoms with Crippen LogP contribution in [0.1, 0.15) is 41.3 Å². The molecule has 0 atom stereocenters. The van der Waals surface area contributed by atoms with Gasteiger partial charge in [0.05, 0.1) is 24.7 Å². The quantitative estimate of drug-likeness (QED) is 0.596. The van der Waals surface area contributed by atoms with E-state index < -0.39 is 12.6 Å². The van der Waals surface area contributed by atoms with Gasteiger partial charge in [-0.2, -0.15) is 5.26 Å². The molecule has 152 valence electrons. The van der Waals surface area contributed by atoms with Gasteiger partial charge in [-0.25, -0.2) is 4.79 Å². The predicted octanol–water partition coefficient (Wildman–Crippen LogP) is 4.20. The zero-order valence-electron chi connectivity index (χ0n) is 17.1. The Balaban J connectivity index is 2.03. The van der Waals surface area contributed by atoms with Crippen molar-refractivity contribution in [2.75, 3.05) is 24.7 Å². The molecular weight excluding hydrogens is 368 g/mol. The van der Waals surface area contributed by atoms with E-state index in [-0.39, 0.29) is 18.9 Å². The first-order chi connectivity index (χ1) is 13.9. The number of hydrogen-bond donors (Lipinski definition) is 0. The molecule has 2 rings (SSSR count). The Morgan fingerprint density at radius 1 is 1.07 bits per heavy atom. The van der Waals surface area contributed by atoms with Crippen LogP contribution in [0.15, 0.2) is 42.5 Å². The highest BCUT2D eigenvalue weighted by Gasteiger charge is 2.19. The van der Waals surface area contributed by atoms with E-state index in [0.29, 0.717) is 23.6 Å². The highest BCUT2D eigenvalue weighted by atomic mass is 16.5. The number of rotatable bonds is 9. The van der Waals surface area contributed by atoms with Crippen LogP contribution in [-0.4, -0.2) is 31.6 Å². The van der Waals surface area contributed by atoms with Gasteiger partial charge < -0.3 is 14.4 Å². The highest BCUT2D eigenvalue weighted by molar-refractivity contribution is 5.97. The second-order valence-corrected chi connectivity index (χ2v) is 6.75. The number of amides is 1. The van der Waals surface area contributed by atoms with Crippen LogP contribution in [0.4, 0.5) is 5.69 Å². The lowest BCUT2D eigenvalue weighted by molar-refractivity contribution is -0.121. The Morgan fingerprint density at radius 3 is 2.31 bits per heavy atom. The van der Waals surface area contributed by atoms with Crippen molar-refractivity contribution >= 4 is 17.6 Å². The summed E-state index contributed by atoms with van der Waals surface area (Å²) in [6.07, 6.45) is 1.08. The minimum Gasteiger partial charge on any atom is -0.494 e. The van der Waals surface area contributed by atoms with Crippen LogP contribution in [0.3, 0.4) is 0 Å². The maximum atomic E-state index is 12.7. The normalized spacial score (nSPS) is 10.1. The number of carbonyl (C=O) groups is 2. The van der Waals surface area contributed by atoms with Crippen molar-refractivity contribution in [3.63, 3.8) is 0 Å². The van der Waals surface area contributed by atoms with E-state index in [1.54, 1.807) is 24.3 Å². The van der Waals surface area contributed by atoms with Gasteiger partial charge in [-0.1, -0.05) is 13.0 Å². The van der Waals surface area contributed by atoms with E-state index in [4.69, 9.17) is 14.7 Å². The van der Waals surface area contributed by atoms with Crippen LogP contribution >= 0.6 is 0 Å². The Labute approximate surface area is 171 Å². The van der Waals surface area contributed by atoms with E-state index in [0.717, 1.165) is 17.5 Å². The van der Waals surface area contributed by atoms with Gasteiger partial charge in [0.25, 0.3) is 5.91 Å². The molecule has 0 aliphatic carbocycles. The zero-order valence-corrected chi connectivity index (χ0v) is 17.1. The zero-order chi connectivity index (χ0) is 21.2. The summed E-state index contributed by atoms with van der Waals surface area (Å²) >= 11 is 0. The molecule has 0 saturated heterocycles. The summed E-state index contributed by atoms with van der Waals surface area (Å²) in [5.41, 5.74) is 3.06. The third-order valence-corrected chi connectivity index (χ3v) is 4.16. The summed E-state index contributed by atoms with van der Waals surface area (Å²) < 4.78 is 10.7. The number of anilines is 1. The van der Waals surface area contributed by atoms with Gasteiger partial charge in [0, 0.05) is 12.2 Å².